The fourth-order valence-electron chi connectivity index (χ4n) is 1.42. The molecule has 0 bridgehead atoms. The van der Waals surface area contributed by atoms with Crippen LogP contribution in [0.3, 0.4) is 0 Å². The van der Waals surface area contributed by atoms with Gasteiger partial charge in [0.2, 0.25) is 0 Å². The largest absolute Gasteiger partial charge is 0.458 e. The molecule has 1 unspecified atom stereocenters. The number of hydrogen-bond donors (Lipinski definition) is 0. The van der Waals surface area contributed by atoms with Crippen molar-refractivity contribution in [2.24, 2.45) is 0 Å². The number of nitrogens with zero attached hydrogens (tertiary/aromatic N) is 1. The van der Waals surface area contributed by atoms with Crippen molar-refractivity contribution < 1.29 is 9.53 Å². The number of nitriles is 1. The molecule has 1 aromatic carbocycles. The molecule has 84 valence electrons. The number of esters is 1. The molecule has 0 N–H and O–H groups in total. The Kier molecular flexibility index (Phi) is 5.07. The van der Waals surface area contributed by atoms with Crippen LogP contribution >= 0.6 is 0 Å². The molecule has 1 rings (SSSR count). The van der Waals surface area contributed by atoms with Crippen molar-refractivity contribution in [2.75, 3.05) is 0 Å². The van der Waals surface area contributed by atoms with Crippen molar-refractivity contribution in [3.63, 3.8) is 0 Å². The van der Waals surface area contributed by atoms with Crippen LogP contribution in [0.4, 0.5) is 0 Å². The first kappa shape index (κ1) is 12.3. The van der Waals surface area contributed by atoms with Gasteiger partial charge in [-0.05, 0) is 18.6 Å². The molecule has 0 amide bonds. The second kappa shape index (κ2) is 6.62. The maximum Gasteiger partial charge on any atom is 0.338 e. The van der Waals surface area contributed by atoms with Gasteiger partial charge in [0.05, 0.1) is 18.1 Å². The van der Waals surface area contributed by atoms with E-state index in [1.165, 1.54) is 0 Å². The van der Waals surface area contributed by atoms with Crippen molar-refractivity contribution >= 4 is 5.97 Å². The second-order valence-electron chi connectivity index (χ2n) is 3.54. The highest BCUT2D eigenvalue weighted by molar-refractivity contribution is 5.89. The van der Waals surface area contributed by atoms with Crippen LogP contribution in [0, 0.1) is 11.3 Å². The Bertz CT molecular complexity index is 367. The molecule has 0 aliphatic carbocycles. The van der Waals surface area contributed by atoms with Crippen LogP contribution in [-0.2, 0) is 4.74 Å². The number of carbonyl (C=O) groups excluding carboxylic acids is 1. The summed E-state index contributed by atoms with van der Waals surface area (Å²) < 4.78 is 5.26. The SMILES string of the molecule is CCCC(CC#N)OC(=O)c1ccccc1. The third-order valence-corrected chi connectivity index (χ3v) is 2.21. The quantitative estimate of drug-likeness (QED) is 0.712. The maximum absolute atomic E-state index is 11.7. The Balaban J connectivity index is 2.59. The van der Waals surface area contributed by atoms with Crippen LogP contribution in [0.15, 0.2) is 30.3 Å². The molecule has 16 heavy (non-hydrogen) atoms. The molecule has 1 aromatic rings. The van der Waals surface area contributed by atoms with Crippen LogP contribution < -0.4 is 0 Å². The van der Waals surface area contributed by atoms with Crippen molar-refractivity contribution in [1.29, 1.82) is 5.26 Å². The molecule has 0 saturated heterocycles. The standard InChI is InChI=1S/C13H15NO2/c1-2-6-12(9-10-14)16-13(15)11-7-4-3-5-8-11/h3-5,7-8,12H,2,6,9H2,1H3. The summed E-state index contributed by atoms with van der Waals surface area (Å²) in [5.41, 5.74) is 0.529. The molecule has 0 aliphatic heterocycles. The van der Waals surface area contributed by atoms with E-state index in [0.717, 1.165) is 12.8 Å². The van der Waals surface area contributed by atoms with Crippen LogP contribution in [-0.4, -0.2) is 12.1 Å². The molecule has 0 aromatic heterocycles. The smallest absolute Gasteiger partial charge is 0.338 e. The van der Waals surface area contributed by atoms with Gasteiger partial charge in [0.15, 0.2) is 0 Å². The van der Waals surface area contributed by atoms with Gasteiger partial charge < -0.3 is 4.74 Å². The predicted molar refractivity (Wildman–Crippen MR) is 60.8 cm³/mol. The van der Waals surface area contributed by atoms with E-state index in [0.29, 0.717) is 5.56 Å². The van der Waals surface area contributed by atoms with Crippen LogP contribution in [0.25, 0.3) is 0 Å². The zero-order chi connectivity index (χ0) is 11.8. The highest BCUT2D eigenvalue weighted by Gasteiger charge is 2.14. The fraction of sp³-hybridized carbons (Fsp3) is 0.385. The molecule has 0 saturated carbocycles. The van der Waals surface area contributed by atoms with Crippen molar-refractivity contribution in [3.05, 3.63) is 35.9 Å². The molecular formula is C13H15NO2. The summed E-state index contributed by atoms with van der Waals surface area (Å²) in [4.78, 5) is 11.7. The third-order valence-electron chi connectivity index (χ3n) is 2.21. The zero-order valence-corrected chi connectivity index (χ0v) is 9.35. The summed E-state index contributed by atoms with van der Waals surface area (Å²) in [6.45, 7) is 2.00. The van der Waals surface area contributed by atoms with E-state index >= 15 is 0 Å². The summed E-state index contributed by atoms with van der Waals surface area (Å²) in [5, 5.41) is 8.61. The van der Waals surface area contributed by atoms with Crippen LogP contribution in [0.1, 0.15) is 36.5 Å². The Morgan fingerprint density at radius 2 is 2.12 bits per heavy atom. The van der Waals surface area contributed by atoms with E-state index in [2.05, 4.69) is 0 Å². The molecule has 3 heteroatoms. The van der Waals surface area contributed by atoms with Crippen LogP contribution in [0.2, 0.25) is 0 Å². The third kappa shape index (κ3) is 3.74. The summed E-state index contributed by atoms with van der Waals surface area (Å²) in [6, 6.07) is 10.9. The fourth-order valence-corrected chi connectivity index (χ4v) is 1.42. The number of carbonyl (C=O) groups is 1. The molecule has 0 radical (unpaired) electrons. The Labute approximate surface area is 95.7 Å². The Hall–Kier alpha value is -1.82. The van der Waals surface area contributed by atoms with Gasteiger partial charge in [-0.2, -0.15) is 5.26 Å². The summed E-state index contributed by atoms with van der Waals surface area (Å²) in [7, 11) is 0. The van der Waals surface area contributed by atoms with E-state index in [9.17, 15) is 4.79 Å². The normalized spacial score (nSPS) is 11.5. The molecule has 0 heterocycles. The van der Waals surface area contributed by atoms with Gasteiger partial charge in [-0.15, -0.1) is 0 Å². The first-order valence-electron chi connectivity index (χ1n) is 5.41. The number of rotatable bonds is 5. The molecule has 0 spiro atoms. The number of hydrogen-bond acceptors (Lipinski definition) is 3. The van der Waals surface area contributed by atoms with Crippen molar-refractivity contribution in [1.82, 2.24) is 0 Å². The summed E-state index contributed by atoms with van der Waals surface area (Å²) >= 11 is 0. The lowest BCUT2D eigenvalue weighted by molar-refractivity contribution is 0.0291. The minimum absolute atomic E-state index is 0.256. The minimum atomic E-state index is -0.352. The molecule has 1 atom stereocenters. The van der Waals surface area contributed by atoms with E-state index in [-0.39, 0.29) is 18.5 Å². The second-order valence-corrected chi connectivity index (χ2v) is 3.54. The van der Waals surface area contributed by atoms with Gasteiger partial charge in [0.1, 0.15) is 6.10 Å². The van der Waals surface area contributed by atoms with Gasteiger partial charge in [-0.25, -0.2) is 4.79 Å². The zero-order valence-electron chi connectivity index (χ0n) is 9.35. The Morgan fingerprint density at radius 1 is 1.44 bits per heavy atom. The first-order valence-corrected chi connectivity index (χ1v) is 5.41. The Morgan fingerprint density at radius 3 is 2.69 bits per heavy atom. The van der Waals surface area contributed by atoms with E-state index in [1.54, 1.807) is 24.3 Å². The van der Waals surface area contributed by atoms with Gasteiger partial charge >= 0.3 is 5.97 Å². The topological polar surface area (TPSA) is 50.1 Å². The van der Waals surface area contributed by atoms with Crippen LogP contribution in [0.5, 0.6) is 0 Å². The number of ether oxygens (including phenoxy) is 1. The minimum Gasteiger partial charge on any atom is -0.458 e. The van der Waals surface area contributed by atoms with E-state index < -0.39 is 0 Å². The van der Waals surface area contributed by atoms with Gasteiger partial charge in [0, 0.05) is 0 Å². The summed E-state index contributed by atoms with van der Waals surface area (Å²) in [5.74, 6) is -0.352. The van der Waals surface area contributed by atoms with E-state index in [4.69, 9.17) is 10.00 Å². The van der Waals surface area contributed by atoms with E-state index in [1.807, 2.05) is 19.1 Å². The highest BCUT2D eigenvalue weighted by Crippen LogP contribution is 2.10. The average Bonchev–Trinajstić information content (AvgIpc) is 2.31. The first-order chi connectivity index (χ1) is 7.77. The lowest BCUT2D eigenvalue weighted by atomic mass is 10.1. The van der Waals surface area contributed by atoms with Gasteiger partial charge in [-0.3, -0.25) is 0 Å². The maximum atomic E-state index is 11.7. The molecule has 0 aliphatic rings. The van der Waals surface area contributed by atoms with Gasteiger partial charge in [0.25, 0.3) is 0 Å². The monoisotopic (exact) mass is 217 g/mol. The molecule has 0 fully saturated rings. The van der Waals surface area contributed by atoms with Crippen molar-refractivity contribution in [3.8, 4) is 6.07 Å². The predicted octanol–water partition coefficient (Wildman–Crippen LogP) is 2.93. The van der Waals surface area contributed by atoms with Gasteiger partial charge in [-0.1, -0.05) is 31.5 Å². The molecule has 3 nitrogen and oxygen atoms in total. The lowest BCUT2D eigenvalue weighted by Crippen LogP contribution is -2.17. The lowest BCUT2D eigenvalue weighted by Gasteiger charge is -2.13. The number of benzene rings is 1. The van der Waals surface area contributed by atoms with Crippen molar-refractivity contribution in [2.45, 2.75) is 32.3 Å². The highest BCUT2D eigenvalue weighted by atomic mass is 16.5. The summed E-state index contributed by atoms with van der Waals surface area (Å²) in [6.07, 6.45) is 1.59. The average molecular weight is 217 g/mol. The molecular weight excluding hydrogens is 202 g/mol.